The third-order valence-electron chi connectivity index (χ3n) is 4.37. The molecule has 0 N–H and O–H groups in total. The standard InChI is InChI=1S/C22H29FO/c1-5-6-18-11-12-21(20(23)15-18)24-14-13-22(3,4)16-19-9-7-17(2)8-10-19/h7-12,15H,5-6,13-14,16H2,1-4H3. The first-order valence-corrected chi connectivity index (χ1v) is 8.86. The van der Waals surface area contributed by atoms with Crippen LogP contribution in [0.25, 0.3) is 0 Å². The summed E-state index contributed by atoms with van der Waals surface area (Å²) in [6.45, 7) is 9.19. The van der Waals surface area contributed by atoms with Crippen LogP contribution in [0.2, 0.25) is 0 Å². The minimum Gasteiger partial charge on any atom is -0.490 e. The highest BCUT2D eigenvalue weighted by Gasteiger charge is 2.19. The van der Waals surface area contributed by atoms with E-state index in [2.05, 4.69) is 52.0 Å². The Hall–Kier alpha value is -1.83. The van der Waals surface area contributed by atoms with E-state index in [1.165, 1.54) is 11.1 Å². The lowest BCUT2D eigenvalue weighted by molar-refractivity contribution is 0.220. The van der Waals surface area contributed by atoms with Crippen LogP contribution in [-0.2, 0) is 12.8 Å². The molecule has 0 aromatic heterocycles. The van der Waals surface area contributed by atoms with Crippen molar-refractivity contribution >= 4 is 0 Å². The van der Waals surface area contributed by atoms with Gasteiger partial charge in [0, 0.05) is 0 Å². The Kier molecular flexibility index (Phi) is 6.42. The molecule has 0 spiro atoms. The molecule has 2 rings (SSSR count). The van der Waals surface area contributed by atoms with E-state index in [0.717, 1.165) is 31.2 Å². The van der Waals surface area contributed by atoms with E-state index in [0.29, 0.717) is 12.4 Å². The molecule has 130 valence electrons. The number of rotatable bonds is 8. The van der Waals surface area contributed by atoms with Crippen molar-refractivity contribution in [3.8, 4) is 5.75 Å². The van der Waals surface area contributed by atoms with Crippen molar-refractivity contribution in [1.82, 2.24) is 0 Å². The predicted octanol–water partition coefficient (Wildman–Crippen LogP) is 6.12. The van der Waals surface area contributed by atoms with Gasteiger partial charge in [0.05, 0.1) is 6.61 Å². The highest BCUT2D eigenvalue weighted by Crippen LogP contribution is 2.27. The Bertz CT molecular complexity index is 644. The maximum absolute atomic E-state index is 14.1. The molecular formula is C22H29FO. The lowest BCUT2D eigenvalue weighted by Crippen LogP contribution is -2.19. The average molecular weight is 328 g/mol. The summed E-state index contributed by atoms with van der Waals surface area (Å²) < 4.78 is 19.7. The Labute approximate surface area is 145 Å². The van der Waals surface area contributed by atoms with E-state index in [-0.39, 0.29) is 11.2 Å². The van der Waals surface area contributed by atoms with Crippen LogP contribution in [0, 0.1) is 18.2 Å². The van der Waals surface area contributed by atoms with Gasteiger partial charge in [-0.2, -0.15) is 0 Å². The van der Waals surface area contributed by atoms with Crippen molar-refractivity contribution in [2.45, 2.75) is 53.4 Å². The molecule has 1 nitrogen and oxygen atoms in total. The summed E-state index contributed by atoms with van der Waals surface area (Å²) in [7, 11) is 0. The number of aryl methyl sites for hydroxylation is 2. The summed E-state index contributed by atoms with van der Waals surface area (Å²) in [4.78, 5) is 0. The third-order valence-corrected chi connectivity index (χ3v) is 4.37. The van der Waals surface area contributed by atoms with Gasteiger partial charge in [0.1, 0.15) is 0 Å². The molecule has 0 aliphatic carbocycles. The molecule has 24 heavy (non-hydrogen) atoms. The van der Waals surface area contributed by atoms with E-state index in [1.807, 2.05) is 6.07 Å². The van der Waals surface area contributed by atoms with Gasteiger partial charge in [-0.25, -0.2) is 4.39 Å². The SMILES string of the molecule is CCCc1ccc(OCCC(C)(C)Cc2ccc(C)cc2)c(F)c1. The monoisotopic (exact) mass is 328 g/mol. The molecule has 0 aliphatic rings. The number of benzene rings is 2. The first-order chi connectivity index (χ1) is 11.4. The minimum absolute atomic E-state index is 0.119. The van der Waals surface area contributed by atoms with Crippen LogP contribution in [0.15, 0.2) is 42.5 Å². The summed E-state index contributed by atoms with van der Waals surface area (Å²) in [5.41, 5.74) is 3.76. The van der Waals surface area contributed by atoms with Crippen molar-refractivity contribution in [2.24, 2.45) is 5.41 Å². The van der Waals surface area contributed by atoms with Crippen molar-refractivity contribution in [1.29, 1.82) is 0 Å². The molecule has 0 fully saturated rings. The van der Waals surface area contributed by atoms with Crippen LogP contribution in [0.3, 0.4) is 0 Å². The minimum atomic E-state index is -0.253. The maximum atomic E-state index is 14.1. The fraction of sp³-hybridized carbons (Fsp3) is 0.455. The van der Waals surface area contributed by atoms with E-state index < -0.39 is 0 Å². The van der Waals surface area contributed by atoms with Crippen molar-refractivity contribution in [3.05, 3.63) is 65.0 Å². The first-order valence-electron chi connectivity index (χ1n) is 8.86. The largest absolute Gasteiger partial charge is 0.490 e. The Morgan fingerprint density at radius 3 is 2.29 bits per heavy atom. The predicted molar refractivity (Wildman–Crippen MR) is 99.2 cm³/mol. The zero-order chi connectivity index (χ0) is 17.6. The third kappa shape index (κ3) is 5.67. The Balaban J connectivity index is 1.87. The molecule has 0 bridgehead atoms. The van der Waals surface area contributed by atoms with Crippen LogP contribution >= 0.6 is 0 Å². The maximum Gasteiger partial charge on any atom is 0.165 e. The fourth-order valence-electron chi connectivity index (χ4n) is 2.89. The second-order valence-electron chi connectivity index (χ2n) is 7.44. The lowest BCUT2D eigenvalue weighted by atomic mass is 9.83. The summed E-state index contributed by atoms with van der Waals surface area (Å²) in [6.07, 6.45) is 3.80. The highest BCUT2D eigenvalue weighted by atomic mass is 19.1. The summed E-state index contributed by atoms with van der Waals surface area (Å²) in [5, 5.41) is 0. The van der Waals surface area contributed by atoms with E-state index in [1.54, 1.807) is 12.1 Å². The van der Waals surface area contributed by atoms with Gasteiger partial charge in [0.2, 0.25) is 0 Å². The molecule has 0 saturated carbocycles. The van der Waals surface area contributed by atoms with Crippen LogP contribution < -0.4 is 4.74 Å². The normalized spacial score (nSPS) is 11.5. The molecule has 2 aromatic rings. The highest BCUT2D eigenvalue weighted by molar-refractivity contribution is 5.29. The Morgan fingerprint density at radius 1 is 1.00 bits per heavy atom. The van der Waals surface area contributed by atoms with E-state index in [4.69, 9.17) is 4.74 Å². The second kappa shape index (κ2) is 8.32. The van der Waals surface area contributed by atoms with Crippen LogP contribution in [0.4, 0.5) is 4.39 Å². The summed E-state index contributed by atoms with van der Waals surface area (Å²) >= 11 is 0. The van der Waals surface area contributed by atoms with Crippen molar-refractivity contribution < 1.29 is 9.13 Å². The molecule has 0 atom stereocenters. The smallest absolute Gasteiger partial charge is 0.165 e. The fourth-order valence-corrected chi connectivity index (χ4v) is 2.89. The molecule has 0 aliphatic heterocycles. The molecule has 0 heterocycles. The molecule has 0 radical (unpaired) electrons. The van der Waals surface area contributed by atoms with Crippen LogP contribution in [-0.4, -0.2) is 6.61 Å². The molecule has 2 aromatic carbocycles. The quantitative estimate of drug-likeness (QED) is 0.567. The van der Waals surface area contributed by atoms with Gasteiger partial charge in [0.15, 0.2) is 11.6 Å². The van der Waals surface area contributed by atoms with Crippen LogP contribution in [0.5, 0.6) is 5.75 Å². The lowest BCUT2D eigenvalue weighted by Gasteiger charge is -2.25. The van der Waals surface area contributed by atoms with Gasteiger partial charge >= 0.3 is 0 Å². The average Bonchev–Trinajstić information content (AvgIpc) is 2.52. The zero-order valence-corrected chi connectivity index (χ0v) is 15.4. The van der Waals surface area contributed by atoms with Crippen molar-refractivity contribution in [3.63, 3.8) is 0 Å². The number of hydrogen-bond donors (Lipinski definition) is 0. The zero-order valence-electron chi connectivity index (χ0n) is 15.4. The molecule has 0 saturated heterocycles. The number of hydrogen-bond acceptors (Lipinski definition) is 1. The van der Waals surface area contributed by atoms with Gasteiger partial charge in [-0.3, -0.25) is 0 Å². The molecule has 0 amide bonds. The molecule has 2 heteroatoms. The van der Waals surface area contributed by atoms with Crippen molar-refractivity contribution in [2.75, 3.05) is 6.61 Å². The molecule has 0 unspecified atom stereocenters. The number of halogens is 1. The number of ether oxygens (including phenoxy) is 1. The van der Waals surface area contributed by atoms with Crippen LogP contribution in [0.1, 0.15) is 50.3 Å². The van der Waals surface area contributed by atoms with Gasteiger partial charge in [-0.05, 0) is 54.9 Å². The van der Waals surface area contributed by atoms with Gasteiger partial charge in [-0.15, -0.1) is 0 Å². The molecular weight excluding hydrogens is 299 g/mol. The van der Waals surface area contributed by atoms with E-state index >= 15 is 0 Å². The Morgan fingerprint density at radius 2 is 1.67 bits per heavy atom. The van der Waals surface area contributed by atoms with Gasteiger partial charge in [0.25, 0.3) is 0 Å². The van der Waals surface area contributed by atoms with E-state index in [9.17, 15) is 4.39 Å². The summed E-state index contributed by atoms with van der Waals surface area (Å²) in [5.74, 6) is 0.110. The topological polar surface area (TPSA) is 9.23 Å². The first kappa shape index (κ1) is 18.5. The second-order valence-corrected chi connectivity index (χ2v) is 7.44. The van der Waals surface area contributed by atoms with Gasteiger partial charge < -0.3 is 4.74 Å². The van der Waals surface area contributed by atoms with Gasteiger partial charge in [-0.1, -0.05) is 63.1 Å². The summed E-state index contributed by atoms with van der Waals surface area (Å²) in [6, 6.07) is 14.0.